The molecule has 0 aromatic carbocycles. The Kier molecular flexibility index (Phi) is 7.10. The lowest BCUT2D eigenvalue weighted by Gasteiger charge is -2.18. The Morgan fingerprint density at radius 2 is 2.45 bits per heavy atom. The van der Waals surface area contributed by atoms with E-state index in [1.807, 2.05) is 13.0 Å². The normalized spacial score (nSPS) is 11.5. The first-order valence-corrected chi connectivity index (χ1v) is 6.52. The molecule has 0 aliphatic heterocycles. The van der Waals surface area contributed by atoms with Gasteiger partial charge in [0.1, 0.15) is 6.04 Å². The Morgan fingerprint density at radius 1 is 1.65 bits per heavy atom. The summed E-state index contributed by atoms with van der Waals surface area (Å²) >= 11 is 0. The van der Waals surface area contributed by atoms with E-state index in [0.717, 1.165) is 11.1 Å². The molecule has 1 unspecified atom stereocenters. The maximum Gasteiger partial charge on any atom is 0.327 e. The summed E-state index contributed by atoms with van der Waals surface area (Å²) in [6.07, 6.45) is 4.00. The van der Waals surface area contributed by atoms with Crippen molar-refractivity contribution in [1.29, 1.82) is 0 Å². The van der Waals surface area contributed by atoms with E-state index in [0.29, 0.717) is 26.1 Å². The summed E-state index contributed by atoms with van der Waals surface area (Å²) in [4.78, 5) is 18.8. The summed E-state index contributed by atoms with van der Waals surface area (Å²) < 4.78 is 5.08. The number of nitrogens with zero attached hydrogens (tertiary/aromatic N) is 4. The Bertz CT molecular complexity index is 485. The van der Waals surface area contributed by atoms with Crippen LogP contribution in [0.3, 0.4) is 0 Å². The molecule has 1 heterocycles. The molecule has 0 fully saturated rings. The molecule has 0 bridgehead atoms. The van der Waals surface area contributed by atoms with Crippen molar-refractivity contribution in [2.24, 2.45) is 5.11 Å². The van der Waals surface area contributed by atoms with Gasteiger partial charge in [-0.2, -0.15) is 0 Å². The molecule has 0 saturated carbocycles. The molecule has 0 aliphatic rings. The molecule has 1 rings (SSSR count). The first kappa shape index (κ1) is 15.9. The van der Waals surface area contributed by atoms with E-state index in [-0.39, 0.29) is 5.97 Å². The number of ether oxygens (including phenoxy) is 1. The van der Waals surface area contributed by atoms with Crippen LogP contribution in [-0.2, 0) is 9.53 Å². The van der Waals surface area contributed by atoms with Crippen molar-refractivity contribution in [3.05, 3.63) is 40.0 Å². The van der Waals surface area contributed by atoms with Crippen LogP contribution in [-0.4, -0.2) is 30.6 Å². The summed E-state index contributed by atoms with van der Waals surface area (Å²) in [6, 6.07) is 1.30. The van der Waals surface area contributed by atoms with Crippen LogP contribution in [0.25, 0.3) is 10.4 Å². The molecular weight excluding hydrogens is 258 g/mol. The number of aromatic nitrogens is 1. The third kappa shape index (κ3) is 4.87. The monoisotopic (exact) mass is 277 g/mol. The lowest BCUT2D eigenvalue weighted by atomic mass is 10.0. The van der Waals surface area contributed by atoms with E-state index in [4.69, 9.17) is 10.3 Å². The zero-order chi connectivity index (χ0) is 14.8. The van der Waals surface area contributed by atoms with Gasteiger partial charge in [0.15, 0.2) is 0 Å². The smallest absolute Gasteiger partial charge is 0.327 e. The van der Waals surface area contributed by atoms with E-state index < -0.39 is 6.04 Å². The summed E-state index contributed by atoms with van der Waals surface area (Å²) in [5.74, 6) is -0.326. The van der Waals surface area contributed by atoms with Gasteiger partial charge in [0.2, 0.25) is 0 Å². The zero-order valence-corrected chi connectivity index (χ0v) is 11.7. The minimum absolute atomic E-state index is 0.326. The molecule has 7 nitrogen and oxygen atoms in total. The van der Waals surface area contributed by atoms with Crippen LogP contribution in [0.2, 0.25) is 0 Å². The number of pyridine rings is 1. The fourth-order valence-electron chi connectivity index (χ4n) is 1.77. The molecule has 1 atom stereocenters. The number of hydrogen-bond donors (Lipinski definition) is 1. The van der Waals surface area contributed by atoms with Crippen molar-refractivity contribution in [2.45, 2.75) is 26.3 Å². The number of esters is 1. The van der Waals surface area contributed by atoms with Crippen LogP contribution in [0.15, 0.2) is 23.6 Å². The van der Waals surface area contributed by atoms with Crippen molar-refractivity contribution < 1.29 is 9.53 Å². The SMILES string of the molecule is CCOC(=O)C(NCCCN=[N+]=[N-])c1cnccc1C. The average molecular weight is 277 g/mol. The maximum atomic E-state index is 12.0. The molecule has 7 heteroatoms. The third-order valence-electron chi connectivity index (χ3n) is 2.76. The minimum Gasteiger partial charge on any atom is -0.465 e. The second kappa shape index (κ2) is 8.90. The molecular formula is C13H19N5O2. The van der Waals surface area contributed by atoms with Crippen LogP contribution in [0, 0.1) is 6.92 Å². The Balaban J connectivity index is 2.73. The van der Waals surface area contributed by atoms with Gasteiger partial charge in [0.25, 0.3) is 0 Å². The number of carbonyl (C=O) groups is 1. The van der Waals surface area contributed by atoms with E-state index >= 15 is 0 Å². The van der Waals surface area contributed by atoms with Gasteiger partial charge in [-0.3, -0.25) is 4.98 Å². The summed E-state index contributed by atoms with van der Waals surface area (Å²) in [7, 11) is 0. The molecule has 1 aromatic rings. The minimum atomic E-state index is -0.547. The maximum absolute atomic E-state index is 12.0. The van der Waals surface area contributed by atoms with Gasteiger partial charge in [-0.1, -0.05) is 5.11 Å². The van der Waals surface area contributed by atoms with E-state index in [2.05, 4.69) is 20.3 Å². The summed E-state index contributed by atoms with van der Waals surface area (Å²) in [5, 5.41) is 6.57. The Hall–Kier alpha value is -2.11. The summed E-state index contributed by atoms with van der Waals surface area (Å²) in [6.45, 7) is 4.97. The topological polar surface area (TPSA) is 100.0 Å². The predicted octanol–water partition coefficient (Wildman–Crippen LogP) is 2.28. The molecule has 1 N–H and O–H groups in total. The van der Waals surface area contributed by atoms with E-state index in [1.54, 1.807) is 19.3 Å². The van der Waals surface area contributed by atoms with Gasteiger partial charge in [0, 0.05) is 29.4 Å². The Morgan fingerprint density at radius 3 is 3.10 bits per heavy atom. The molecule has 108 valence electrons. The van der Waals surface area contributed by atoms with Crippen molar-refractivity contribution in [3.63, 3.8) is 0 Å². The standard InChI is InChI=1S/C13H19N5O2/c1-3-20-13(19)12(16-6-4-7-17-18-14)11-9-15-8-5-10(11)2/h5,8-9,12,16H,3-4,6-7H2,1-2H3. The quantitative estimate of drug-likeness (QED) is 0.259. The number of nitrogens with one attached hydrogen (secondary N) is 1. The highest BCUT2D eigenvalue weighted by molar-refractivity contribution is 5.78. The van der Waals surface area contributed by atoms with Gasteiger partial charge in [-0.05, 0) is 44.0 Å². The first-order chi connectivity index (χ1) is 9.70. The highest BCUT2D eigenvalue weighted by Crippen LogP contribution is 2.17. The first-order valence-electron chi connectivity index (χ1n) is 6.52. The van der Waals surface area contributed by atoms with Crippen molar-refractivity contribution in [2.75, 3.05) is 19.7 Å². The highest BCUT2D eigenvalue weighted by Gasteiger charge is 2.22. The fraction of sp³-hybridized carbons (Fsp3) is 0.538. The van der Waals surface area contributed by atoms with Gasteiger partial charge in [-0.25, -0.2) is 4.79 Å². The number of azide groups is 1. The van der Waals surface area contributed by atoms with Crippen LogP contribution in [0.4, 0.5) is 0 Å². The summed E-state index contributed by atoms with van der Waals surface area (Å²) in [5.41, 5.74) is 9.98. The lowest BCUT2D eigenvalue weighted by molar-refractivity contribution is -0.145. The van der Waals surface area contributed by atoms with Gasteiger partial charge in [-0.15, -0.1) is 0 Å². The van der Waals surface area contributed by atoms with Crippen LogP contribution in [0.1, 0.15) is 30.5 Å². The molecule has 0 saturated heterocycles. The Labute approximate surface area is 118 Å². The molecule has 20 heavy (non-hydrogen) atoms. The number of rotatable bonds is 8. The molecule has 0 radical (unpaired) electrons. The fourth-order valence-corrected chi connectivity index (χ4v) is 1.77. The number of carbonyl (C=O) groups excluding carboxylic acids is 1. The predicted molar refractivity (Wildman–Crippen MR) is 75.0 cm³/mol. The van der Waals surface area contributed by atoms with Gasteiger partial charge < -0.3 is 10.1 Å². The van der Waals surface area contributed by atoms with Crippen LogP contribution in [0.5, 0.6) is 0 Å². The van der Waals surface area contributed by atoms with Gasteiger partial charge >= 0.3 is 5.97 Å². The number of aryl methyl sites for hydroxylation is 1. The van der Waals surface area contributed by atoms with E-state index in [1.165, 1.54) is 0 Å². The average Bonchev–Trinajstić information content (AvgIpc) is 2.44. The second-order valence-corrected chi connectivity index (χ2v) is 4.18. The van der Waals surface area contributed by atoms with Crippen LogP contribution < -0.4 is 5.32 Å². The zero-order valence-electron chi connectivity index (χ0n) is 11.7. The van der Waals surface area contributed by atoms with Crippen molar-refractivity contribution in [3.8, 4) is 0 Å². The molecule has 0 aliphatic carbocycles. The van der Waals surface area contributed by atoms with Crippen molar-refractivity contribution >= 4 is 5.97 Å². The molecule has 0 spiro atoms. The van der Waals surface area contributed by atoms with Gasteiger partial charge in [0.05, 0.1) is 6.61 Å². The second-order valence-electron chi connectivity index (χ2n) is 4.18. The lowest BCUT2D eigenvalue weighted by Crippen LogP contribution is -2.32. The third-order valence-corrected chi connectivity index (χ3v) is 2.76. The van der Waals surface area contributed by atoms with E-state index in [9.17, 15) is 4.79 Å². The number of hydrogen-bond acceptors (Lipinski definition) is 5. The largest absolute Gasteiger partial charge is 0.465 e. The highest BCUT2D eigenvalue weighted by atomic mass is 16.5. The van der Waals surface area contributed by atoms with Crippen molar-refractivity contribution in [1.82, 2.24) is 10.3 Å². The molecule has 0 amide bonds. The molecule has 1 aromatic heterocycles. The van der Waals surface area contributed by atoms with Crippen LogP contribution >= 0.6 is 0 Å².